The van der Waals surface area contributed by atoms with Crippen molar-refractivity contribution in [1.82, 2.24) is 4.98 Å². The molecule has 0 aliphatic rings. The molecule has 0 radical (unpaired) electrons. The second-order valence-electron chi connectivity index (χ2n) is 6.70. The van der Waals surface area contributed by atoms with Crippen molar-refractivity contribution in [2.24, 2.45) is 0 Å². The average molecular weight is 386 g/mol. The maximum atomic E-state index is 13.5. The van der Waals surface area contributed by atoms with Crippen LogP contribution in [0.25, 0.3) is 15.7 Å². The number of fused-ring (bicyclic) bond motifs is 1. The average Bonchev–Trinajstić information content (AvgIpc) is 3.15. The fraction of sp³-hybridized carbons (Fsp3) is 0.125. The molecule has 2 nitrogen and oxygen atoms in total. The summed E-state index contributed by atoms with van der Waals surface area (Å²) in [4.78, 5) is 6.95. The third-order valence-corrected chi connectivity index (χ3v) is 5.60. The standard InChI is InChI=1S/C24H19FN2S/c1-26-20-12-8-17(9-13-20)23(16-6-10-19(25)11-7-16)22-14-27-24-18(15-28-2)4-3-5-21(22)24/h3-14,23,27H,15H2,2H3. The highest BCUT2D eigenvalue weighted by molar-refractivity contribution is 7.97. The molecule has 0 aliphatic carbocycles. The van der Waals surface area contributed by atoms with Crippen LogP contribution in [0.4, 0.5) is 10.1 Å². The third-order valence-electron chi connectivity index (χ3n) is 5.00. The van der Waals surface area contributed by atoms with Crippen LogP contribution in [0.15, 0.2) is 72.9 Å². The molecule has 138 valence electrons. The Morgan fingerprint density at radius 2 is 1.68 bits per heavy atom. The van der Waals surface area contributed by atoms with Crippen LogP contribution in [0.3, 0.4) is 0 Å². The maximum absolute atomic E-state index is 13.5. The van der Waals surface area contributed by atoms with Crippen molar-refractivity contribution in [3.8, 4) is 0 Å². The first kappa shape index (κ1) is 18.3. The number of H-pyrrole nitrogens is 1. The zero-order valence-corrected chi connectivity index (χ0v) is 16.3. The van der Waals surface area contributed by atoms with Gasteiger partial charge >= 0.3 is 0 Å². The van der Waals surface area contributed by atoms with E-state index in [0.717, 1.165) is 28.0 Å². The summed E-state index contributed by atoms with van der Waals surface area (Å²) in [6, 6.07) is 20.7. The van der Waals surface area contributed by atoms with Crippen LogP contribution in [0, 0.1) is 12.4 Å². The first-order valence-electron chi connectivity index (χ1n) is 9.02. The summed E-state index contributed by atoms with van der Waals surface area (Å²) in [7, 11) is 0. The SMILES string of the molecule is [C-]#[N+]c1ccc(C(c2ccc(F)cc2)c2c[nH]c3c(CSC)cccc23)cc1. The van der Waals surface area contributed by atoms with Gasteiger partial charge in [0, 0.05) is 28.8 Å². The third kappa shape index (κ3) is 3.42. The zero-order chi connectivity index (χ0) is 19.5. The topological polar surface area (TPSA) is 20.1 Å². The van der Waals surface area contributed by atoms with Crippen LogP contribution < -0.4 is 0 Å². The summed E-state index contributed by atoms with van der Waals surface area (Å²) in [6.07, 6.45) is 4.16. The molecule has 4 heteroatoms. The Morgan fingerprint density at radius 3 is 2.32 bits per heavy atom. The summed E-state index contributed by atoms with van der Waals surface area (Å²) < 4.78 is 13.5. The van der Waals surface area contributed by atoms with Gasteiger partial charge in [0.1, 0.15) is 5.82 Å². The molecule has 1 aromatic heterocycles. The number of para-hydroxylation sites is 1. The fourth-order valence-electron chi connectivity index (χ4n) is 3.70. The molecule has 0 aliphatic heterocycles. The fourth-order valence-corrected chi connectivity index (χ4v) is 4.25. The van der Waals surface area contributed by atoms with Gasteiger partial charge in [0.15, 0.2) is 5.69 Å². The van der Waals surface area contributed by atoms with Crippen LogP contribution in [0.5, 0.6) is 0 Å². The molecule has 1 N–H and O–H groups in total. The van der Waals surface area contributed by atoms with E-state index in [9.17, 15) is 4.39 Å². The number of benzene rings is 3. The molecular weight excluding hydrogens is 367 g/mol. The lowest BCUT2D eigenvalue weighted by molar-refractivity contribution is 0.627. The van der Waals surface area contributed by atoms with E-state index >= 15 is 0 Å². The molecule has 3 aromatic carbocycles. The molecule has 1 unspecified atom stereocenters. The number of rotatable bonds is 5. The Labute approximate surface area is 168 Å². The minimum Gasteiger partial charge on any atom is -0.361 e. The predicted molar refractivity (Wildman–Crippen MR) is 116 cm³/mol. The Kier molecular flexibility index (Phi) is 5.18. The van der Waals surface area contributed by atoms with Crippen molar-refractivity contribution >= 4 is 28.4 Å². The summed E-state index contributed by atoms with van der Waals surface area (Å²) in [5.74, 6) is 0.656. The van der Waals surface area contributed by atoms with Gasteiger partial charge in [-0.2, -0.15) is 11.8 Å². The summed E-state index contributed by atoms with van der Waals surface area (Å²) in [5.41, 5.74) is 6.29. The van der Waals surface area contributed by atoms with Crippen molar-refractivity contribution in [1.29, 1.82) is 0 Å². The lowest BCUT2D eigenvalue weighted by Gasteiger charge is -2.18. The highest BCUT2D eigenvalue weighted by Crippen LogP contribution is 2.38. The van der Waals surface area contributed by atoms with Gasteiger partial charge in [-0.3, -0.25) is 0 Å². The number of thioether (sulfide) groups is 1. The van der Waals surface area contributed by atoms with E-state index in [1.165, 1.54) is 23.1 Å². The number of nitrogens with zero attached hydrogens (tertiary/aromatic N) is 1. The van der Waals surface area contributed by atoms with Gasteiger partial charge in [-0.15, -0.1) is 0 Å². The largest absolute Gasteiger partial charge is 0.361 e. The monoisotopic (exact) mass is 386 g/mol. The van der Waals surface area contributed by atoms with E-state index in [4.69, 9.17) is 6.57 Å². The molecule has 4 aromatic rings. The summed E-state index contributed by atoms with van der Waals surface area (Å²) in [5, 5.41) is 1.18. The van der Waals surface area contributed by atoms with Crippen molar-refractivity contribution in [2.45, 2.75) is 11.7 Å². The van der Waals surface area contributed by atoms with Gasteiger partial charge in [-0.1, -0.05) is 54.6 Å². The Balaban J connectivity index is 1.90. The minimum atomic E-state index is -0.243. The molecule has 0 spiro atoms. The highest BCUT2D eigenvalue weighted by atomic mass is 32.2. The van der Waals surface area contributed by atoms with Gasteiger partial charge in [-0.25, -0.2) is 9.24 Å². The number of aromatic nitrogens is 1. The van der Waals surface area contributed by atoms with Crippen LogP contribution in [-0.2, 0) is 5.75 Å². The molecule has 1 heterocycles. The van der Waals surface area contributed by atoms with Crippen LogP contribution in [0.1, 0.15) is 28.2 Å². The van der Waals surface area contributed by atoms with Crippen molar-refractivity contribution in [3.05, 3.63) is 112 Å². The molecular formula is C24H19FN2S. The van der Waals surface area contributed by atoms with Crippen molar-refractivity contribution in [2.75, 3.05) is 6.26 Å². The Hall–Kier alpha value is -3.03. The number of aromatic amines is 1. The van der Waals surface area contributed by atoms with Crippen LogP contribution >= 0.6 is 11.8 Å². The first-order chi connectivity index (χ1) is 13.7. The number of hydrogen-bond donors (Lipinski definition) is 1. The number of halogens is 1. The van der Waals surface area contributed by atoms with Crippen molar-refractivity contribution < 1.29 is 4.39 Å². The van der Waals surface area contributed by atoms with Gasteiger partial charge in [0.2, 0.25) is 0 Å². The van der Waals surface area contributed by atoms with Gasteiger partial charge in [-0.05, 0) is 40.6 Å². The maximum Gasteiger partial charge on any atom is 0.187 e. The van der Waals surface area contributed by atoms with Gasteiger partial charge < -0.3 is 4.98 Å². The summed E-state index contributed by atoms with van der Waals surface area (Å²) in [6.45, 7) is 7.20. The smallest absolute Gasteiger partial charge is 0.187 e. The van der Waals surface area contributed by atoms with Gasteiger partial charge in [0.25, 0.3) is 0 Å². The Bertz CT molecular complexity index is 1140. The molecule has 4 rings (SSSR count). The molecule has 28 heavy (non-hydrogen) atoms. The first-order valence-corrected chi connectivity index (χ1v) is 10.4. The quantitative estimate of drug-likeness (QED) is 0.370. The van der Waals surface area contributed by atoms with E-state index in [1.807, 2.05) is 36.4 Å². The molecule has 0 fully saturated rings. The van der Waals surface area contributed by atoms with Crippen LogP contribution in [0.2, 0.25) is 0 Å². The lowest BCUT2D eigenvalue weighted by Crippen LogP contribution is -2.03. The van der Waals surface area contributed by atoms with Crippen LogP contribution in [-0.4, -0.2) is 11.2 Å². The van der Waals surface area contributed by atoms with Gasteiger partial charge in [0.05, 0.1) is 6.57 Å². The number of nitrogens with one attached hydrogen (secondary N) is 1. The minimum absolute atomic E-state index is 0.0429. The second kappa shape index (κ2) is 7.92. The second-order valence-corrected chi connectivity index (χ2v) is 7.57. The van der Waals surface area contributed by atoms with E-state index in [0.29, 0.717) is 5.69 Å². The molecule has 0 saturated heterocycles. The zero-order valence-electron chi connectivity index (χ0n) is 15.4. The molecule has 0 amide bonds. The van der Waals surface area contributed by atoms with E-state index in [-0.39, 0.29) is 11.7 Å². The number of hydrogen-bond acceptors (Lipinski definition) is 1. The highest BCUT2D eigenvalue weighted by Gasteiger charge is 2.21. The predicted octanol–water partition coefficient (Wildman–Crippen LogP) is 6.90. The Morgan fingerprint density at radius 1 is 1.00 bits per heavy atom. The van der Waals surface area contributed by atoms with E-state index in [2.05, 4.69) is 40.5 Å². The summed E-state index contributed by atoms with van der Waals surface area (Å²) >= 11 is 1.80. The molecule has 0 saturated carbocycles. The molecule has 0 bridgehead atoms. The lowest BCUT2D eigenvalue weighted by atomic mass is 9.85. The molecule has 1 atom stereocenters. The normalized spacial score (nSPS) is 12.0. The van der Waals surface area contributed by atoms with E-state index < -0.39 is 0 Å². The van der Waals surface area contributed by atoms with Crippen molar-refractivity contribution in [3.63, 3.8) is 0 Å². The van der Waals surface area contributed by atoms with E-state index in [1.54, 1.807) is 11.8 Å².